The molecular formula is C27H27NO3. The second-order valence-corrected chi connectivity index (χ2v) is 8.71. The normalized spacial score (nSPS) is 18.1. The summed E-state index contributed by atoms with van der Waals surface area (Å²) in [6, 6.07) is 20.4. The van der Waals surface area contributed by atoms with Crippen LogP contribution in [0, 0.1) is 6.92 Å². The maximum Gasteiger partial charge on any atom is 0.193 e. The zero-order valence-electron chi connectivity index (χ0n) is 18.4. The van der Waals surface area contributed by atoms with Crippen LogP contribution in [0.3, 0.4) is 0 Å². The van der Waals surface area contributed by atoms with Gasteiger partial charge in [-0.1, -0.05) is 36.4 Å². The second-order valence-electron chi connectivity index (χ2n) is 8.71. The fraction of sp³-hybridized carbons (Fsp3) is 0.296. The highest BCUT2D eigenvalue weighted by molar-refractivity contribution is 6.15. The van der Waals surface area contributed by atoms with Gasteiger partial charge in [0.05, 0.1) is 6.61 Å². The maximum atomic E-state index is 13.4. The molecular weight excluding hydrogens is 386 g/mol. The number of aromatic nitrogens is 1. The highest BCUT2D eigenvalue weighted by Crippen LogP contribution is 2.34. The molecule has 1 atom stereocenters. The average molecular weight is 414 g/mol. The summed E-state index contributed by atoms with van der Waals surface area (Å²) in [6.07, 6.45) is -0.102. The van der Waals surface area contributed by atoms with Crippen LogP contribution in [0.5, 0.6) is 0 Å². The second kappa shape index (κ2) is 7.33. The number of rotatable bonds is 4. The quantitative estimate of drug-likeness (QED) is 0.375. The molecule has 0 radical (unpaired) electrons. The van der Waals surface area contributed by atoms with Crippen molar-refractivity contribution in [2.24, 2.45) is 0 Å². The summed E-state index contributed by atoms with van der Waals surface area (Å²) in [7, 11) is 0. The van der Waals surface area contributed by atoms with Gasteiger partial charge in [0.25, 0.3) is 0 Å². The van der Waals surface area contributed by atoms with Gasteiger partial charge in [0.1, 0.15) is 6.10 Å². The van der Waals surface area contributed by atoms with Gasteiger partial charge >= 0.3 is 0 Å². The smallest absolute Gasteiger partial charge is 0.193 e. The van der Waals surface area contributed by atoms with Crippen LogP contribution in [0.4, 0.5) is 0 Å². The van der Waals surface area contributed by atoms with Gasteiger partial charge < -0.3 is 14.0 Å². The SMILES string of the molecule is CCn1c2ccccc2c2cc(C(=O)c3ccc(C4COC(C)(C)O4)cc3C)ccc21. The lowest BCUT2D eigenvalue weighted by Gasteiger charge is -2.17. The van der Waals surface area contributed by atoms with Crippen LogP contribution in [0.2, 0.25) is 0 Å². The molecule has 1 fully saturated rings. The number of hydrogen-bond acceptors (Lipinski definition) is 3. The van der Waals surface area contributed by atoms with Gasteiger partial charge in [-0.25, -0.2) is 0 Å². The van der Waals surface area contributed by atoms with Crippen LogP contribution < -0.4 is 0 Å². The summed E-state index contributed by atoms with van der Waals surface area (Å²) in [5.41, 5.74) is 5.79. The van der Waals surface area contributed by atoms with Crippen LogP contribution in [-0.2, 0) is 16.0 Å². The number of ether oxygens (including phenoxy) is 2. The third kappa shape index (κ3) is 3.36. The lowest BCUT2D eigenvalue weighted by Crippen LogP contribution is -2.19. The number of ketones is 1. The van der Waals surface area contributed by atoms with E-state index in [0.717, 1.165) is 34.1 Å². The molecule has 1 unspecified atom stereocenters. The Morgan fingerprint density at radius 3 is 2.52 bits per heavy atom. The Hall–Kier alpha value is -2.95. The Morgan fingerprint density at radius 2 is 1.81 bits per heavy atom. The molecule has 5 rings (SSSR count). The fourth-order valence-electron chi connectivity index (χ4n) is 4.68. The zero-order chi connectivity index (χ0) is 21.8. The van der Waals surface area contributed by atoms with Gasteiger partial charge in [-0.3, -0.25) is 4.79 Å². The van der Waals surface area contributed by atoms with Gasteiger partial charge in [0.2, 0.25) is 0 Å². The maximum absolute atomic E-state index is 13.4. The minimum absolute atomic E-state index is 0.0446. The van der Waals surface area contributed by atoms with E-state index >= 15 is 0 Å². The molecule has 0 aliphatic carbocycles. The Labute approximate surface area is 182 Å². The monoisotopic (exact) mass is 413 g/mol. The van der Waals surface area contributed by atoms with Crippen molar-refractivity contribution in [1.29, 1.82) is 0 Å². The molecule has 1 saturated heterocycles. The predicted octanol–water partition coefficient (Wildman–Crippen LogP) is 6.18. The van der Waals surface area contributed by atoms with Gasteiger partial charge in [-0.05, 0) is 63.1 Å². The molecule has 0 amide bonds. The van der Waals surface area contributed by atoms with Crippen molar-refractivity contribution in [2.45, 2.75) is 46.1 Å². The van der Waals surface area contributed by atoms with Crippen molar-refractivity contribution in [3.05, 3.63) is 82.9 Å². The first kappa shape index (κ1) is 20.0. The Bertz CT molecular complexity index is 1320. The van der Waals surface area contributed by atoms with E-state index in [9.17, 15) is 4.79 Å². The van der Waals surface area contributed by atoms with Gasteiger partial charge in [-0.15, -0.1) is 0 Å². The van der Waals surface area contributed by atoms with E-state index in [1.54, 1.807) is 0 Å². The Kier molecular flexibility index (Phi) is 4.72. The minimum atomic E-state index is -0.569. The first-order valence-corrected chi connectivity index (χ1v) is 10.9. The van der Waals surface area contributed by atoms with Gasteiger partial charge in [0, 0.05) is 39.5 Å². The molecule has 4 nitrogen and oxygen atoms in total. The summed E-state index contributed by atoms with van der Waals surface area (Å²) in [5.74, 6) is -0.525. The van der Waals surface area contributed by atoms with Crippen molar-refractivity contribution in [1.82, 2.24) is 4.57 Å². The van der Waals surface area contributed by atoms with Crippen molar-refractivity contribution in [3.63, 3.8) is 0 Å². The molecule has 4 heteroatoms. The molecule has 1 aliphatic rings. The van der Waals surface area contributed by atoms with Crippen LogP contribution in [0.25, 0.3) is 21.8 Å². The van der Waals surface area contributed by atoms with Crippen LogP contribution >= 0.6 is 0 Å². The summed E-state index contributed by atoms with van der Waals surface area (Å²) in [5, 5.41) is 2.30. The number of nitrogens with zero attached hydrogens (tertiary/aromatic N) is 1. The third-order valence-corrected chi connectivity index (χ3v) is 6.23. The number of fused-ring (bicyclic) bond motifs is 3. The highest BCUT2D eigenvalue weighted by Gasteiger charge is 2.33. The van der Waals surface area contributed by atoms with E-state index in [4.69, 9.17) is 9.47 Å². The number of hydrogen-bond donors (Lipinski definition) is 0. The summed E-state index contributed by atoms with van der Waals surface area (Å²) >= 11 is 0. The molecule has 0 spiro atoms. The first-order valence-electron chi connectivity index (χ1n) is 10.9. The molecule has 2 heterocycles. The molecule has 3 aromatic carbocycles. The Balaban J connectivity index is 1.52. The van der Waals surface area contributed by atoms with Crippen LogP contribution in [-0.4, -0.2) is 22.7 Å². The van der Waals surface area contributed by atoms with E-state index in [2.05, 4.69) is 41.8 Å². The molecule has 1 aromatic heterocycles. The first-order chi connectivity index (χ1) is 14.9. The van der Waals surface area contributed by atoms with Crippen LogP contribution in [0.15, 0.2) is 60.7 Å². The molecule has 4 aromatic rings. The lowest BCUT2D eigenvalue weighted by atomic mass is 9.95. The van der Waals surface area contributed by atoms with Crippen molar-refractivity contribution in [2.75, 3.05) is 6.61 Å². The van der Waals surface area contributed by atoms with Crippen molar-refractivity contribution in [3.8, 4) is 0 Å². The Morgan fingerprint density at radius 1 is 1.03 bits per heavy atom. The van der Waals surface area contributed by atoms with Crippen LogP contribution in [0.1, 0.15) is 53.9 Å². The summed E-state index contributed by atoms with van der Waals surface area (Å²) in [4.78, 5) is 13.4. The molecule has 1 aliphatic heterocycles. The van der Waals surface area contributed by atoms with E-state index in [1.807, 2.05) is 51.1 Å². The number of para-hydroxylation sites is 1. The third-order valence-electron chi connectivity index (χ3n) is 6.23. The van der Waals surface area contributed by atoms with Crippen molar-refractivity contribution < 1.29 is 14.3 Å². The van der Waals surface area contributed by atoms with Gasteiger partial charge in [-0.2, -0.15) is 0 Å². The number of carbonyl (C=O) groups excluding carboxylic acids is 1. The topological polar surface area (TPSA) is 40.5 Å². The summed E-state index contributed by atoms with van der Waals surface area (Å²) in [6.45, 7) is 9.39. The summed E-state index contributed by atoms with van der Waals surface area (Å²) < 4.78 is 14.0. The lowest BCUT2D eigenvalue weighted by molar-refractivity contribution is -0.139. The molecule has 0 bridgehead atoms. The van der Waals surface area contributed by atoms with E-state index in [-0.39, 0.29) is 11.9 Å². The van der Waals surface area contributed by atoms with E-state index < -0.39 is 5.79 Å². The molecule has 0 N–H and O–H groups in total. The largest absolute Gasteiger partial charge is 0.347 e. The van der Waals surface area contributed by atoms with E-state index in [0.29, 0.717) is 12.2 Å². The number of benzene rings is 3. The molecule has 31 heavy (non-hydrogen) atoms. The average Bonchev–Trinajstić information content (AvgIpc) is 3.29. The number of aryl methyl sites for hydroxylation is 2. The van der Waals surface area contributed by atoms with Gasteiger partial charge in [0.15, 0.2) is 11.6 Å². The highest BCUT2D eigenvalue weighted by atomic mass is 16.7. The fourth-order valence-corrected chi connectivity index (χ4v) is 4.68. The standard InChI is InChI=1S/C27H27NO3/c1-5-28-23-9-7-6-8-21(23)22-15-19(11-13-24(22)28)26(29)20-12-10-18(14-17(20)2)25-16-30-27(3,4)31-25/h6-15,25H,5,16H2,1-4H3. The minimum Gasteiger partial charge on any atom is -0.347 e. The zero-order valence-corrected chi connectivity index (χ0v) is 18.4. The molecule has 0 saturated carbocycles. The van der Waals surface area contributed by atoms with Crippen molar-refractivity contribution >= 4 is 27.6 Å². The predicted molar refractivity (Wildman–Crippen MR) is 124 cm³/mol. The van der Waals surface area contributed by atoms with E-state index in [1.165, 1.54) is 10.9 Å². The molecule has 158 valence electrons. The number of carbonyl (C=O) groups is 1.